The predicted molar refractivity (Wildman–Crippen MR) is 95.9 cm³/mol. The predicted octanol–water partition coefficient (Wildman–Crippen LogP) is 5.08. The number of nitriles is 1. The van der Waals surface area contributed by atoms with Crippen molar-refractivity contribution in [1.29, 1.82) is 5.26 Å². The third-order valence-electron chi connectivity index (χ3n) is 4.03. The minimum atomic E-state index is -0.670. The Hall–Kier alpha value is -2.60. The molecule has 3 aromatic rings. The van der Waals surface area contributed by atoms with E-state index in [9.17, 15) is 10.4 Å². The molecule has 1 N–H and O–H groups in total. The highest BCUT2D eigenvalue weighted by atomic mass is 35.5. The van der Waals surface area contributed by atoms with Crippen molar-refractivity contribution in [2.24, 2.45) is 0 Å². The van der Waals surface area contributed by atoms with Gasteiger partial charge in [-0.25, -0.2) is 0 Å². The minimum absolute atomic E-state index is 0.356. The fourth-order valence-corrected chi connectivity index (χ4v) is 2.82. The third kappa shape index (κ3) is 3.49. The van der Waals surface area contributed by atoms with Gasteiger partial charge in [0.2, 0.25) is 0 Å². The van der Waals surface area contributed by atoms with Crippen molar-refractivity contribution in [3.05, 3.63) is 106 Å². The van der Waals surface area contributed by atoms with Crippen molar-refractivity contribution in [1.82, 2.24) is 0 Å². The first-order valence-corrected chi connectivity index (χ1v) is 8.05. The van der Waals surface area contributed by atoms with Crippen molar-refractivity contribution < 1.29 is 5.11 Å². The van der Waals surface area contributed by atoms with Gasteiger partial charge >= 0.3 is 0 Å². The van der Waals surface area contributed by atoms with Gasteiger partial charge in [-0.1, -0.05) is 78.3 Å². The first-order valence-electron chi connectivity index (χ1n) is 7.67. The summed E-state index contributed by atoms with van der Waals surface area (Å²) in [7, 11) is 0. The van der Waals surface area contributed by atoms with E-state index in [2.05, 4.69) is 6.07 Å². The van der Waals surface area contributed by atoms with Crippen molar-refractivity contribution in [3.8, 4) is 6.07 Å². The Morgan fingerprint density at radius 3 is 1.71 bits per heavy atom. The molecule has 0 aromatic heterocycles. The fraction of sp³-hybridized carbons (Fsp3) is 0.0952. The Bertz CT molecular complexity index is 836. The van der Waals surface area contributed by atoms with Crippen LogP contribution in [0.25, 0.3) is 0 Å². The van der Waals surface area contributed by atoms with E-state index in [-0.39, 0.29) is 5.92 Å². The van der Waals surface area contributed by atoms with Crippen molar-refractivity contribution >= 4 is 11.6 Å². The van der Waals surface area contributed by atoms with Gasteiger partial charge < -0.3 is 5.11 Å². The highest BCUT2D eigenvalue weighted by Crippen LogP contribution is 2.28. The second-order valence-corrected chi connectivity index (χ2v) is 6.03. The summed E-state index contributed by atoms with van der Waals surface area (Å²) in [6.45, 7) is 0. The van der Waals surface area contributed by atoms with Crippen LogP contribution in [-0.2, 0) is 0 Å². The van der Waals surface area contributed by atoms with Gasteiger partial charge in [0.15, 0.2) is 0 Å². The van der Waals surface area contributed by atoms with Crippen LogP contribution in [0.5, 0.6) is 0 Å². The molecule has 118 valence electrons. The molecular weight excluding hydrogens is 318 g/mol. The lowest BCUT2D eigenvalue weighted by molar-refractivity contribution is 0.220. The number of halogens is 1. The molecule has 0 fully saturated rings. The maximum atomic E-state index is 10.4. The zero-order valence-corrected chi connectivity index (χ0v) is 13.7. The summed E-state index contributed by atoms with van der Waals surface area (Å²) in [5.41, 5.74) is 3.44. The standard InChI is InChI=1S/C21H16ClNO/c22-19-12-10-16(11-13-19)20(14-23)15-6-8-18(9-7-15)21(24)17-4-2-1-3-5-17/h1-13,20-21,24H. The van der Waals surface area contributed by atoms with E-state index in [4.69, 9.17) is 11.6 Å². The summed E-state index contributed by atoms with van der Waals surface area (Å²) >= 11 is 5.91. The van der Waals surface area contributed by atoms with Crippen LogP contribution >= 0.6 is 11.6 Å². The molecule has 0 amide bonds. The number of benzene rings is 3. The Labute approximate surface area is 146 Å². The van der Waals surface area contributed by atoms with Gasteiger partial charge in [-0.05, 0) is 34.4 Å². The molecule has 0 saturated carbocycles. The van der Waals surface area contributed by atoms with Crippen LogP contribution in [0.15, 0.2) is 78.9 Å². The zero-order valence-electron chi connectivity index (χ0n) is 12.9. The quantitative estimate of drug-likeness (QED) is 0.723. The van der Waals surface area contributed by atoms with Crippen molar-refractivity contribution in [3.63, 3.8) is 0 Å². The largest absolute Gasteiger partial charge is 0.384 e. The molecule has 2 atom stereocenters. The average Bonchev–Trinajstić information content (AvgIpc) is 2.64. The van der Waals surface area contributed by atoms with Gasteiger partial charge in [-0.15, -0.1) is 0 Å². The maximum Gasteiger partial charge on any atom is 0.104 e. The number of rotatable bonds is 4. The number of hydrogen-bond donors (Lipinski definition) is 1. The molecule has 0 aliphatic carbocycles. The summed E-state index contributed by atoms with van der Waals surface area (Å²) < 4.78 is 0. The lowest BCUT2D eigenvalue weighted by atomic mass is 9.91. The molecule has 2 unspecified atom stereocenters. The molecule has 3 aromatic carbocycles. The van der Waals surface area contributed by atoms with Crippen LogP contribution < -0.4 is 0 Å². The highest BCUT2D eigenvalue weighted by Gasteiger charge is 2.15. The van der Waals surface area contributed by atoms with Gasteiger partial charge in [0.05, 0.1) is 12.0 Å². The van der Waals surface area contributed by atoms with E-state index >= 15 is 0 Å². The van der Waals surface area contributed by atoms with Gasteiger partial charge in [0, 0.05) is 5.02 Å². The zero-order chi connectivity index (χ0) is 16.9. The van der Waals surface area contributed by atoms with Crippen LogP contribution in [0.3, 0.4) is 0 Å². The molecule has 0 spiro atoms. The maximum absolute atomic E-state index is 10.4. The second-order valence-electron chi connectivity index (χ2n) is 5.59. The van der Waals surface area contributed by atoms with Crippen molar-refractivity contribution in [2.45, 2.75) is 12.0 Å². The average molecular weight is 334 g/mol. The van der Waals surface area contributed by atoms with Crippen LogP contribution in [0.2, 0.25) is 5.02 Å². The van der Waals surface area contributed by atoms with E-state index in [0.717, 1.165) is 22.3 Å². The number of aliphatic hydroxyl groups is 1. The molecule has 0 bridgehead atoms. The van der Waals surface area contributed by atoms with E-state index in [1.165, 1.54) is 0 Å². The topological polar surface area (TPSA) is 44.0 Å². The fourth-order valence-electron chi connectivity index (χ4n) is 2.70. The molecule has 3 rings (SSSR count). The van der Waals surface area contributed by atoms with E-state index in [0.29, 0.717) is 5.02 Å². The summed E-state index contributed by atoms with van der Waals surface area (Å²) in [4.78, 5) is 0. The van der Waals surface area contributed by atoms with Crippen molar-refractivity contribution in [2.75, 3.05) is 0 Å². The molecule has 24 heavy (non-hydrogen) atoms. The summed E-state index contributed by atoms with van der Waals surface area (Å²) in [6.07, 6.45) is -0.670. The molecule has 0 aliphatic rings. The smallest absolute Gasteiger partial charge is 0.104 e. The van der Waals surface area contributed by atoms with Crippen LogP contribution in [0.1, 0.15) is 34.3 Å². The molecule has 0 radical (unpaired) electrons. The molecule has 3 heteroatoms. The first-order chi connectivity index (χ1) is 11.7. The van der Waals surface area contributed by atoms with E-state index in [1.807, 2.05) is 66.7 Å². The molecular formula is C21H16ClNO. The Kier molecular flexibility index (Phi) is 4.96. The Balaban J connectivity index is 1.85. The normalized spacial score (nSPS) is 13.0. The van der Waals surface area contributed by atoms with Gasteiger partial charge in [-0.3, -0.25) is 0 Å². The van der Waals surface area contributed by atoms with Crippen LogP contribution in [-0.4, -0.2) is 5.11 Å². The van der Waals surface area contributed by atoms with Crippen LogP contribution in [0, 0.1) is 11.3 Å². The molecule has 0 heterocycles. The lowest BCUT2D eigenvalue weighted by Gasteiger charge is -2.14. The summed E-state index contributed by atoms with van der Waals surface area (Å²) in [5.74, 6) is -0.356. The van der Waals surface area contributed by atoms with Gasteiger partial charge in [-0.2, -0.15) is 5.26 Å². The van der Waals surface area contributed by atoms with Crippen LogP contribution in [0.4, 0.5) is 0 Å². The summed E-state index contributed by atoms with van der Waals surface area (Å²) in [5, 5.41) is 20.6. The number of hydrogen-bond acceptors (Lipinski definition) is 2. The minimum Gasteiger partial charge on any atom is -0.384 e. The SMILES string of the molecule is N#CC(c1ccc(Cl)cc1)c1ccc(C(O)c2ccccc2)cc1. The van der Waals surface area contributed by atoms with Gasteiger partial charge in [0.25, 0.3) is 0 Å². The lowest BCUT2D eigenvalue weighted by Crippen LogP contribution is -2.02. The molecule has 0 aliphatic heterocycles. The second kappa shape index (κ2) is 7.31. The number of aliphatic hydroxyl groups excluding tert-OH is 1. The first kappa shape index (κ1) is 16.3. The van der Waals surface area contributed by atoms with E-state index < -0.39 is 6.10 Å². The highest BCUT2D eigenvalue weighted by molar-refractivity contribution is 6.30. The Morgan fingerprint density at radius 2 is 1.17 bits per heavy atom. The number of nitrogens with zero attached hydrogens (tertiary/aromatic N) is 1. The monoisotopic (exact) mass is 333 g/mol. The Morgan fingerprint density at radius 1 is 0.708 bits per heavy atom. The molecule has 2 nitrogen and oxygen atoms in total. The molecule has 0 saturated heterocycles. The van der Waals surface area contributed by atoms with Gasteiger partial charge in [0.1, 0.15) is 6.10 Å². The summed E-state index contributed by atoms with van der Waals surface area (Å²) in [6, 6.07) is 26.7. The third-order valence-corrected chi connectivity index (χ3v) is 4.29. The van der Waals surface area contributed by atoms with E-state index in [1.54, 1.807) is 12.1 Å².